The first kappa shape index (κ1) is 18.2. The summed E-state index contributed by atoms with van der Waals surface area (Å²) in [4.78, 5) is 11.9. The van der Waals surface area contributed by atoms with Gasteiger partial charge in [-0.2, -0.15) is 17.5 Å². The van der Waals surface area contributed by atoms with E-state index in [1.54, 1.807) is 17.4 Å². The molecule has 0 spiro atoms. The van der Waals surface area contributed by atoms with Crippen LogP contribution in [0.25, 0.3) is 0 Å². The van der Waals surface area contributed by atoms with Crippen LogP contribution in [-0.4, -0.2) is 43.9 Å². The Kier molecular flexibility index (Phi) is 5.37. The average molecular weight is 415 g/mol. The highest BCUT2D eigenvalue weighted by Crippen LogP contribution is 2.30. The molecule has 128 valence electrons. The van der Waals surface area contributed by atoms with Crippen molar-refractivity contribution in [1.29, 1.82) is 0 Å². The van der Waals surface area contributed by atoms with Crippen LogP contribution in [0.15, 0.2) is 33.6 Å². The zero-order valence-electron chi connectivity index (χ0n) is 11.8. The number of carbonyl (C=O) groups is 1. The molecule has 2 rings (SSSR count). The van der Waals surface area contributed by atoms with Gasteiger partial charge in [0.15, 0.2) is 0 Å². The van der Waals surface area contributed by atoms with Crippen LogP contribution >= 0.6 is 15.9 Å². The second-order valence-electron chi connectivity index (χ2n) is 5.04. The van der Waals surface area contributed by atoms with Gasteiger partial charge in [0.05, 0.1) is 4.90 Å². The summed E-state index contributed by atoms with van der Waals surface area (Å²) in [5.74, 6) is -0.935. The van der Waals surface area contributed by atoms with E-state index in [9.17, 15) is 26.4 Å². The number of carbonyl (C=O) groups excluding carboxylic acids is 1. The quantitative estimate of drug-likeness (QED) is 0.821. The van der Waals surface area contributed by atoms with E-state index in [0.717, 1.165) is 4.31 Å². The molecular formula is C13H14BrF3N2O3S. The van der Waals surface area contributed by atoms with Crippen molar-refractivity contribution in [2.45, 2.75) is 30.0 Å². The number of rotatable bonds is 4. The second kappa shape index (κ2) is 6.78. The summed E-state index contributed by atoms with van der Waals surface area (Å²) in [5.41, 5.74) is 0. The number of alkyl halides is 3. The van der Waals surface area contributed by atoms with Gasteiger partial charge in [0.2, 0.25) is 15.9 Å². The second-order valence-corrected chi connectivity index (χ2v) is 7.75. The molecule has 1 aliphatic rings. The molecule has 0 radical (unpaired) electrons. The van der Waals surface area contributed by atoms with Crippen molar-refractivity contribution >= 4 is 31.9 Å². The van der Waals surface area contributed by atoms with Gasteiger partial charge in [-0.15, -0.1) is 0 Å². The Morgan fingerprint density at radius 3 is 2.61 bits per heavy atom. The third kappa shape index (κ3) is 4.24. The molecule has 1 N–H and O–H groups in total. The van der Waals surface area contributed by atoms with Crippen LogP contribution in [0.5, 0.6) is 0 Å². The predicted molar refractivity (Wildman–Crippen MR) is 80.1 cm³/mol. The van der Waals surface area contributed by atoms with Crippen molar-refractivity contribution in [2.24, 2.45) is 0 Å². The first-order valence-electron chi connectivity index (χ1n) is 6.74. The highest BCUT2D eigenvalue weighted by atomic mass is 79.9. The fraction of sp³-hybridized carbons (Fsp3) is 0.462. The monoisotopic (exact) mass is 414 g/mol. The van der Waals surface area contributed by atoms with Gasteiger partial charge in [0.1, 0.15) is 12.6 Å². The maximum atomic E-state index is 12.7. The molecule has 0 unspecified atom stereocenters. The fourth-order valence-corrected chi connectivity index (χ4v) is 5.00. The topological polar surface area (TPSA) is 66.5 Å². The maximum Gasteiger partial charge on any atom is 0.405 e. The summed E-state index contributed by atoms with van der Waals surface area (Å²) in [6, 6.07) is 4.96. The molecule has 1 atom stereocenters. The average Bonchev–Trinajstić information content (AvgIpc) is 2.94. The van der Waals surface area contributed by atoms with Crippen molar-refractivity contribution in [2.75, 3.05) is 13.1 Å². The Bertz CT molecular complexity index is 694. The van der Waals surface area contributed by atoms with Crippen molar-refractivity contribution in [3.05, 3.63) is 28.7 Å². The van der Waals surface area contributed by atoms with E-state index >= 15 is 0 Å². The molecule has 1 aliphatic heterocycles. The lowest BCUT2D eigenvalue weighted by atomic mass is 10.2. The molecule has 0 aliphatic carbocycles. The Labute approximate surface area is 140 Å². The van der Waals surface area contributed by atoms with Crippen LogP contribution in [0, 0.1) is 0 Å². The van der Waals surface area contributed by atoms with E-state index in [2.05, 4.69) is 15.9 Å². The first-order chi connectivity index (χ1) is 10.6. The Balaban J connectivity index is 2.21. The van der Waals surface area contributed by atoms with Crippen molar-refractivity contribution < 1.29 is 26.4 Å². The van der Waals surface area contributed by atoms with E-state index in [-0.39, 0.29) is 17.9 Å². The van der Waals surface area contributed by atoms with Crippen LogP contribution < -0.4 is 5.32 Å². The minimum absolute atomic E-state index is 0.0180. The minimum Gasteiger partial charge on any atom is -0.346 e. The summed E-state index contributed by atoms with van der Waals surface area (Å²) in [5, 5.41) is 1.75. The molecule has 1 amide bonds. The van der Waals surface area contributed by atoms with Gasteiger partial charge in [-0.3, -0.25) is 4.79 Å². The van der Waals surface area contributed by atoms with E-state index in [4.69, 9.17) is 0 Å². The lowest BCUT2D eigenvalue weighted by molar-refractivity contribution is -0.140. The number of amides is 1. The van der Waals surface area contributed by atoms with Gasteiger partial charge in [-0.05, 0) is 40.9 Å². The summed E-state index contributed by atoms with van der Waals surface area (Å²) >= 11 is 3.14. The maximum absolute atomic E-state index is 12.7. The van der Waals surface area contributed by atoms with Gasteiger partial charge < -0.3 is 5.32 Å². The summed E-state index contributed by atoms with van der Waals surface area (Å²) in [7, 11) is -3.97. The number of halogens is 4. The third-order valence-electron chi connectivity index (χ3n) is 3.39. The third-order valence-corrected chi connectivity index (χ3v) is 6.31. The zero-order chi connectivity index (χ0) is 17.3. The normalized spacial score (nSPS) is 19.7. The SMILES string of the molecule is O=C(NCC(F)(F)F)[C@@H]1CCCN1S(=O)(=O)c1ccccc1Br. The number of sulfonamides is 1. The molecule has 1 heterocycles. The van der Waals surface area contributed by atoms with Gasteiger partial charge in [-0.25, -0.2) is 8.42 Å². The van der Waals surface area contributed by atoms with Gasteiger partial charge in [0.25, 0.3) is 0 Å². The Hall–Kier alpha value is -1.13. The van der Waals surface area contributed by atoms with Crippen molar-refractivity contribution in [3.63, 3.8) is 0 Å². The highest BCUT2D eigenvalue weighted by molar-refractivity contribution is 9.10. The molecule has 1 saturated heterocycles. The molecule has 1 fully saturated rings. The standard InChI is InChI=1S/C13H14BrF3N2O3S/c14-9-4-1-2-6-11(9)23(21,22)19-7-3-5-10(19)12(20)18-8-13(15,16)17/h1-2,4,6,10H,3,5,7-8H2,(H,18,20)/t10-/m0/s1. The molecular weight excluding hydrogens is 401 g/mol. The number of benzene rings is 1. The van der Waals surface area contributed by atoms with E-state index in [0.29, 0.717) is 10.9 Å². The van der Waals surface area contributed by atoms with Crippen LogP contribution in [-0.2, 0) is 14.8 Å². The molecule has 0 aromatic heterocycles. The summed E-state index contributed by atoms with van der Waals surface area (Å²) in [6.07, 6.45) is -3.94. The Morgan fingerprint density at radius 1 is 1.35 bits per heavy atom. The number of hydrogen-bond acceptors (Lipinski definition) is 3. The largest absolute Gasteiger partial charge is 0.405 e. The summed E-state index contributed by atoms with van der Waals surface area (Å²) < 4.78 is 63.2. The number of nitrogens with one attached hydrogen (secondary N) is 1. The van der Waals surface area contributed by atoms with Gasteiger partial charge in [-0.1, -0.05) is 12.1 Å². The van der Waals surface area contributed by atoms with Gasteiger partial charge in [0, 0.05) is 11.0 Å². The van der Waals surface area contributed by atoms with Crippen molar-refractivity contribution in [3.8, 4) is 0 Å². The number of hydrogen-bond donors (Lipinski definition) is 1. The van der Waals surface area contributed by atoms with Gasteiger partial charge >= 0.3 is 6.18 Å². The predicted octanol–water partition coefficient (Wildman–Crippen LogP) is 2.28. The molecule has 5 nitrogen and oxygen atoms in total. The molecule has 1 aromatic carbocycles. The number of nitrogens with zero attached hydrogens (tertiary/aromatic N) is 1. The highest BCUT2D eigenvalue weighted by Gasteiger charge is 2.41. The van der Waals surface area contributed by atoms with E-state index in [1.807, 2.05) is 0 Å². The van der Waals surface area contributed by atoms with Crippen LogP contribution in [0.4, 0.5) is 13.2 Å². The van der Waals surface area contributed by atoms with E-state index in [1.165, 1.54) is 12.1 Å². The smallest absolute Gasteiger partial charge is 0.346 e. The van der Waals surface area contributed by atoms with Crippen LogP contribution in [0.1, 0.15) is 12.8 Å². The Morgan fingerprint density at radius 2 is 2.00 bits per heavy atom. The lowest BCUT2D eigenvalue weighted by Gasteiger charge is -2.24. The minimum atomic E-state index is -4.54. The first-order valence-corrected chi connectivity index (χ1v) is 8.97. The fourth-order valence-electron chi connectivity index (χ4n) is 2.38. The molecule has 1 aromatic rings. The van der Waals surface area contributed by atoms with Crippen molar-refractivity contribution in [1.82, 2.24) is 9.62 Å². The zero-order valence-corrected chi connectivity index (χ0v) is 14.2. The lowest BCUT2D eigenvalue weighted by Crippen LogP contribution is -2.47. The molecule has 10 heteroatoms. The van der Waals surface area contributed by atoms with Crippen LogP contribution in [0.3, 0.4) is 0 Å². The van der Waals surface area contributed by atoms with Crippen LogP contribution in [0.2, 0.25) is 0 Å². The molecule has 0 saturated carbocycles. The molecule has 0 bridgehead atoms. The summed E-state index contributed by atoms with van der Waals surface area (Å²) in [6.45, 7) is -1.39. The van der Waals surface area contributed by atoms with E-state index < -0.39 is 34.7 Å². The molecule has 23 heavy (non-hydrogen) atoms.